The molecule has 0 saturated heterocycles. The minimum atomic E-state index is 0.838. The molecule has 0 amide bonds. The molecule has 1 aliphatic carbocycles. The molecule has 0 atom stereocenters. The lowest BCUT2D eigenvalue weighted by molar-refractivity contribution is 0.255. The first kappa shape index (κ1) is 11.2. The molecule has 0 aromatic carbocycles. The van der Waals surface area contributed by atoms with Gasteiger partial charge in [-0.2, -0.15) is 0 Å². The molecule has 0 radical (unpaired) electrons. The highest BCUT2D eigenvalue weighted by Gasteiger charge is 2.16. The van der Waals surface area contributed by atoms with Crippen LogP contribution in [-0.4, -0.2) is 11.6 Å². The second-order valence-corrected chi connectivity index (χ2v) is 4.00. The molecular weight excluding hydrogens is 198 g/mol. The highest BCUT2D eigenvalue weighted by molar-refractivity contribution is 5.54. The van der Waals surface area contributed by atoms with E-state index in [-0.39, 0.29) is 0 Å². The van der Waals surface area contributed by atoms with Gasteiger partial charge in [0.1, 0.15) is 5.76 Å². The summed E-state index contributed by atoms with van der Waals surface area (Å²) in [6, 6.07) is 2.12. The van der Waals surface area contributed by atoms with E-state index in [9.17, 15) is 0 Å². The topological polar surface area (TPSA) is 22.1 Å². The van der Waals surface area contributed by atoms with E-state index in [1.807, 2.05) is 20.0 Å². The Hall–Kier alpha value is -1.31. The van der Waals surface area contributed by atoms with E-state index in [4.69, 9.17) is 4.74 Å². The fourth-order valence-corrected chi connectivity index (χ4v) is 2.32. The number of nitrogens with zero attached hydrogens (tertiary/aromatic N) is 1. The van der Waals surface area contributed by atoms with Crippen LogP contribution in [0.25, 0.3) is 11.3 Å². The van der Waals surface area contributed by atoms with Gasteiger partial charge >= 0.3 is 0 Å². The van der Waals surface area contributed by atoms with Gasteiger partial charge in [0, 0.05) is 24.3 Å². The van der Waals surface area contributed by atoms with E-state index in [0.29, 0.717) is 0 Å². The summed E-state index contributed by atoms with van der Waals surface area (Å²) in [5.41, 5.74) is 2.81. The first-order valence-corrected chi connectivity index (χ1v) is 6.16. The maximum absolute atomic E-state index is 5.70. The maximum atomic E-state index is 5.70. The molecule has 3 rings (SSSR count). The molecule has 0 unspecified atom stereocenters. The molecule has 2 nitrogen and oxygen atoms in total. The lowest BCUT2D eigenvalue weighted by Crippen LogP contribution is -2.40. The molecule has 1 aromatic heterocycles. The molecule has 2 heteroatoms. The second-order valence-electron chi connectivity index (χ2n) is 4.00. The average molecular weight is 217 g/mol. The number of rotatable bonds is 0. The van der Waals surface area contributed by atoms with Crippen molar-refractivity contribution in [2.24, 2.45) is 0 Å². The molecule has 0 N–H and O–H groups in total. The van der Waals surface area contributed by atoms with Gasteiger partial charge in [-0.05, 0) is 30.5 Å². The zero-order chi connectivity index (χ0) is 11.5. The van der Waals surface area contributed by atoms with Crippen molar-refractivity contribution in [3.63, 3.8) is 0 Å². The largest absolute Gasteiger partial charge is 0.497 e. The van der Waals surface area contributed by atoms with Gasteiger partial charge in [0.25, 0.3) is 0 Å². The van der Waals surface area contributed by atoms with E-state index in [2.05, 4.69) is 18.0 Å². The molecule has 1 aromatic rings. The molecule has 0 bridgehead atoms. The quantitative estimate of drug-likeness (QED) is 0.660. The van der Waals surface area contributed by atoms with Crippen molar-refractivity contribution in [1.82, 2.24) is 4.98 Å². The van der Waals surface area contributed by atoms with Gasteiger partial charge in [0.05, 0.1) is 12.0 Å². The summed E-state index contributed by atoms with van der Waals surface area (Å²) in [7, 11) is 0. The van der Waals surface area contributed by atoms with Crippen molar-refractivity contribution in [1.29, 1.82) is 0 Å². The van der Waals surface area contributed by atoms with Crippen LogP contribution in [0.1, 0.15) is 39.2 Å². The Kier molecular flexibility index (Phi) is 3.28. The lowest BCUT2D eigenvalue weighted by Gasteiger charge is -2.21. The zero-order valence-electron chi connectivity index (χ0n) is 10.3. The van der Waals surface area contributed by atoms with Gasteiger partial charge < -0.3 is 4.74 Å². The van der Waals surface area contributed by atoms with Gasteiger partial charge in [-0.15, -0.1) is 0 Å². The number of pyridine rings is 1. The van der Waals surface area contributed by atoms with Crippen LogP contribution in [0.3, 0.4) is 0 Å². The molecule has 2 aliphatic rings. The van der Waals surface area contributed by atoms with Gasteiger partial charge in [0.2, 0.25) is 0 Å². The van der Waals surface area contributed by atoms with Gasteiger partial charge in [-0.1, -0.05) is 13.8 Å². The fourth-order valence-electron chi connectivity index (χ4n) is 2.32. The van der Waals surface area contributed by atoms with E-state index in [0.717, 1.165) is 25.9 Å². The Morgan fingerprint density at radius 2 is 2.00 bits per heavy atom. The van der Waals surface area contributed by atoms with Crippen molar-refractivity contribution in [3.8, 4) is 0 Å². The summed E-state index contributed by atoms with van der Waals surface area (Å²) >= 11 is 0. The Balaban J connectivity index is 0.000000457. The number of ether oxygens (including phenoxy) is 1. The van der Waals surface area contributed by atoms with Crippen LogP contribution in [0.2, 0.25) is 0 Å². The van der Waals surface area contributed by atoms with Crippen molar-refractivity contribution < 1.29 is 4.74 Å². The summed E-state index contributed by atoms with van der Waals surface area (Å²) < 4.78 is 5.70. The molecule has 0 fully saturated rings. The highest BCUT2D eigenvalue weighted by atomic mass is 16.5. The first-order valence-electron chi connectivity index (χ1n) is 6.16. The molecular formula is C14H19NO. The number of aromatic nitrogens is 1. The third-order valence-corrected chi connectivity index (χ3v) is 3.10. The summed E-state index contributed by atoms with van der Waals surface area (Å²) in [5.74, 6) is 1.17. The molecule has 1 aliphatic heterocycles. The van der Waals surface area contributed by atoms with Crippen molar-refractivity contribution in [3.05, 3.63) is 28.4 Å². The fraction of sp³-hybridized carbons (Fsp3) is 0.500. The molecule has 2 heterocycles. The van der Waals surface area contributed by atoms with Crippen LogP contribution in [0.5, 0.6) is 0 Å². The van der Waals surface area contributed by atoms with E-state index in [1.165, 1.54) is 27.5 Å². The van der Waals surface area contributed by atoms with Crippen LogP contribution >= 0.6 is 0 Å². The minimum absolute atomic E-state index is 0.838. The van der Waals surface area contributed by atoms with E-state index >= 15 is 0 Å². The second kappa shape index (κ2) is 4.69. The molecule has 0 saturated carbocycles. The summed E-state index contributed by atoms with van der Waals surface area (Å²) in [4.78, 5) is 4.46. The van der Waals surface area contributed by atoms with Crippen LogP contribution in [0.15, 0.2) is 12.3 Å². The highest BCUT2D eigenvalue weighted by Crippen LogP contribution is 2.18. The van der Waals surface area contributed by atoms with Crippen LogP contribution in [0.4, 0.5) is 0 Å². The maximum Gasteiger partial charge on any atom is 0.106 e. The van der Waals surface area contributed by atoms with Crippen LogP contribution in [0, 0.1) is 0 Å². The smallest absolute Gasteiger partial charge is 0.106 e. The summed E-state index contributed by atoms with van der Waals surface area (Å²) in [6.45, 7) is 7.01. The Bertz CT molecular complexity index is 502. The van der Waals surface area contributed by atoms with Crippen LogP contribution < -0.4 is 10.6 Å². The number of hydrogen-bond acceptors (Lipinski definition) is 2. The van der Waals surface area contributed by atoms with Crippen molar-refractivity contribution in [2.75, 3.05) is 6.61 Å². The van der Waals surface area contributed by atoms with Crippen LogP contribution in [-0.2, 0) is 11.2 Å². The monoisotopic (exact) mass is 217 g/mol. The molecule has 16 heavy (non-hydrogen) atoms. The first-order chi connectivity index (χ1) is 7.86. The SMILES string of the molecule is CC.CC1=c2nccc3c2=C(CC1)OCC3. The number of hydrogen-bond donors (Lipinski definition) is 0. The third-order valence-electron chi connectivity index (χ3n) is 3.10. The molecule has 0 spiro atoms. The Morgan fingerprint density at radius 1 is 1.19 bits per heavy atom. The minimum Gasteiger partial charge on any atom is -0.497 e. The van der Waals surface area contributed by atoms with E-state index < -0.39 is 0 Å². The predicted molar refractivity (Wildman–Crippen MR) is 66.2 cm³/mol. The zero-order valence-corrected chi connectivity index (χ0v) is 10.3. The Labute approximate surface area is 96.7 Å². The van der Waals surface area contributed by atoms with Crippen molar-refractivity contribution in [2.45, 2.75) is 40.0 Å². The Morgan fingerprint density at radius 3 is 2.81 bits per heavy atom. The summed E-state index contributed by atoms with van der Waals surface area (Å²) in [6.07, 6.45) is 5.10. The predicted octanol–water partition coefficient (Wildman–Crippen LogP) is 1.75. The van der Waals surface area contributed by atoms with Gasteiger partial charge in [0.15, 0.2) is 0 Å². The third kappa shape index (κ3) is 1.73. The normalized spacial score (nSPS) is 16.9. The standard InChI is InChI=1S/C12H13NO.C2H6/c1-8-2-3-10-11-9(5-7-14-10)4-6-13-12(8)11;1-2/h4,6H,2-3,5,7H2,1H3;1-2H3. The van der Waals surface area contributed by atoms with Crippen molar-refractivity contribution >= 4 is 11.3 Å². The molecule has 86 valence electrons. The summed E-state index contributed by atoms with van der Waals surface area (Å²) in [5, 5.41) is 2.46. The average Bonchev–Trinajstić information content (AvgIpc) is 2.37. The lowest BCUT2D eigenvalue weighted by atomic mass is 9.97. The van der Waals surface area contributed by atoms with E-state index in [1.54, 1.807) is 0 Å². The van der Waals surface area contributed by atoms with Gasteiger partial charge in [-0.25, -0.2) is 0 Å². The van der Waals surface area contributed by atoms with Gasteiger partial charge in [-0.3, -0.25) is 4.98 Å².